The smallest absolute Gasteiger partial charge is 0.410 e. The van der Waals surface area contributed by atoms with Gasteiger partial charge in [0.2, 0.25) is 5.91 Å². The third kappa shape index (κ3) is 6.81. The Morgan fingerprint density at radius 3 is 2.52 bits per heavy atom. The van der Waals surface area contributed by atoms with Crippen LogP contribution in [0.1, 0.15) is 52.3 Å². The highest BCUT2D eigenvalue weighted by Gasteiger charge is 2.25. The van der Waals surface area contributed by atoms with Crippen LogP contribution in [-0.4, -0.2) is 81.0 Å². The molecule has 31 heavy (non-hydrogen) atoms. The number of nitrogens with one attached hydrogen (secondary N) is 1. The highest BCUT2D eigenvalue weighted by atomic mass is 16.6. The fraction of sp³-hybridized carbons (Fsp3) is 0.810. The first-order chi connectivity index (χ1) is 14.7. The maximum atomic E-state index is 12.4. The summed E-state index contributed by atoms with van der Waals surface area (Å²) in [6.07, 6.45) is 4.48. The van der Waals surface area contributed by atoms with Crippen LogP contribution < -0.4 is 11.0 Å². The van der Waals surface area contributed by atoms with Gasteiger partial charge in [-0.05, 0) is 46.6 Å². The molecule has 0 atom stereocenters. The summed E-state index contributed by atoms with van der Waals surface area (Å²) in [5, 5.41) is 7.24. The van der Waals surface area contributed by atoms with E-state index in [0.717, 1.165) is 57.6 Å². The molecular formula is C21H36N6O4. The lowest BCUT2D eigenvalue weighted by Crippen LogP contribution is -2.50. The molecule has 2 aliphatic rings. The van der Waals surface area contributed by atoms with Gasteiger partial charge in [0.05, 0.1) is 0 Å². The molecule has 3 heterocycles. The molecule has 0 radical (unpaired) electrons. The molecule has 174 valence electrons. The molecule has 0 spiro atoms. The van der Waals surface area contributed by atoms with Gasteiger partial charge in [0.15, 0.2) is 0 Å². The Balaban J connectivity index is 1.33. The summed E-state index contributed by atoms with van der Waals surface area (Å²) in [6, 6.07) is 0. The van der Waals surface area contributed by atoms with E-state index in [-0.39, 0.29) is 24.2 Å². The van der Waals surface area contributed by atoms with Crippen LogP contribution in [0.15, 0.2) is 4.79 Å². The van der Waals surface area contributed by atoms with Gasteiger partial charge in [0, 0.05) is 45.7 Å². The van der Waals surface area contributed by atoms with Crippen LogP contribution in [0.2, 0.25) is 0 Å². The number of aromatic nitrogens is 3. The number of aryl methyl sites for hydroxylation is 1. The third-order valence-corrected chi connectivity index (χ3v) is 5.57. The van der Waals surface area contributed by atoms with Gasteiger partial charge in [-0.25, -0.2) is 14.3 Å². The number of fused-ring (bicyclic) bond motifs is 1. The normalized spacial score (nSPS) is 17.7. The molecule has 0 bridgehead atoms. The molecule has 1 aromatic rings. The third-order valence-electron chi connectivity index (χ3n) is 5.57. The molecule has 1 aromatic heterocycles. The number of carbonyl (C=O) groups is 2. The lowest BCUT2D eigenvalue weighted by Gasteiger charge is -2.35. The van der Waals surface area contributed by atoms with Crippen LogP contribution >= 0.6 is 0 Å². The minimum Gasteiger partial charge on any atom is -0.444 e. The average Bonchev–Trinajstić information content (AvgIpc) is 2.86. The molecule has 0 aromatic carbocycles. The molecule has 1 N–H and O–H groups in total. The molecule has 1 fully saturated rings. The lowest BCUT2D eigenvalue weighted by atomic mass is 10.2. The fourth-order valence-electron chi connectivity index (χ4n) is 3.93. The van der Waals surface area contributed by atoms with Crippen molar-refractivity contribution in [2.75, 3.05) is 39.3 Å². The molecule has 10 heteroatoms. The number of amides is 2. The van der Waals surface area contributed by atoms with Crippen molar-refractivity contribution in [1.82, 2.24) is 29.5 Å². The quantitative estimate of drug-likeness (QED) is 0.663. The van der Waals surface area contributed by atoms with Crippen molar-refractivity contribution >= 4 is 12.0 Å². The Morgan fingerprint density at radius 1 is 1.06 bits per heavy atom. The monoisotopic (exact) mass is 436 g/mol. The average molecular weight is 437 g/mol. The van der Waals surface area contributed by atoms with E-state index in [2.05, 4.69) is 15.3 Å². The van der Waals surface area contributed by atoms with Gasteiger partial charge in [0.1, 0.15) is 18.0 Å². The van der Waals surface area contributed by atoms with E-state index in [1.54, 1.807) is 9.47 Å². The van der Waals surface area contributed by atoms with Crippen molar-refractivity contribution in [3.63, 3.8) is 0 Å². The summed E-state index contributed by atoms with van der Waals surface area (Å²) in [4.78, 5) is 40.8. The van der Waals surface area contributed by atoms with E-state index in [0.29, 0.717) is 26.2 Å². The molecule has 0 unspecified atom stereocenters. The Bertz CT molecular complexity index is 817. The summed E-state index contributed by atoms with van der Waals surface area (Å²) in [7, 11) is 0. The first-order valence-corrected chi connectivity index (χ1v) is 11.4. The SMILES string of the molecule is CC(C)(C)OC(=O)N1CCN(CCCNC(=O)Cn2nc3n(c2=O)CCCCC3)CC1. The molecular weight excluding hydrogens is 400 g/mol. The Labute approximate surface area is 183 Å². The summed E-state index contributed by atoms with van der Waals surface area (Å²) in [6.45, 7) is 10.5. The van der Waals surface area contributed by atoms with Gasteiger partial charge in [0.25, 0.3) is 0 Å². The number of hydrogen-bond acceptors (Lipinski definition) is 6. The zero-order valence-electron chi connectivity index (χ0n) is 19.1. The predicted molar refractivity (Wildman–Crippen MR) is 116 cm³/mol. The molecule has 0 saturated carbocycles. The van der Waals surface area contributed by atoms with E-state index < -0.39 is 5.60 Å². The van der Waals surface area contributed by atoms with Crippen LogP contribution in [0.4, 0.5) is 4.79 Å². The van der Waals surface area contributed by atoms with E-state index in [4.69, 9.17) is 4.74 Å². The minimum absolute atomic E-state index is 0.0343. The van der Waals surface area contributed by atoms with Crippen LogP contribution in [0.25, 0.3) is 0 Å². The van der Waals surface area contributed by atoms with Crippen LogP contribution in [0, 0.1) is 0 Å². The highest BCUT2D eigenvalue weighted by molar-refractivity contribution is 5.75. The zero-order chi connectivity index (χ0) is 22.4. The second-order valence-electron chi connectivity index (χ2n) is 9.33. The van der Waals surface area contributed by atoms with Crippen LogP contribution in [0.5, 0.6) is 0 Å². The van der Waals surface area contributed by atoms with Crippen molar-refractivity contribution in [3.8, 4) is 0 Å². The second-order valence-corrected chi connectivity index (χ2v) is 9.33. The number of ether oxygens (including phenoxy) is 1. The summed E-state index contributed by atoms with van der Waals surface area (Å²) >= 11 is 0. The maximum Gasteiger partial charge on any atom is 0.410 e. The lowest BCUT2D eigenvalue weighted by molar-refractivity contribution is -0.121. The second kappa shape index (κ2) is 10.3. The first kappa shape index (κ1) is 23.3. The topological polar surface area (TPSA) is 102 Å². The fourth-order valence-corrected chi connectivity index (χ4v) is 3.93. The Kier molecular flexibility index (Phi) is 7.74. The van der Waals surface area contributed by atoms with E-state index in [1.165, 1.54) is 4.68 Å². The van der Waals surface area contributed by atoms with Crippen molar-refractivity contribution in [3.05, 3.63) is 16.3 Å². The number of hydrogen-bond donors (Lipinski definition) is 1. The van der Waals surface area contributed by atoms with Gasteiger partial charge in [-0.1, -0.05) is 6.42 Å². The van der Waals surface area contributed by atoms with Crippen molar-refractivity contribution in [2.24, 2.45) is 0 Å². The van der Waals surface area contributed by atoms with Crippen LogP contribution in [-0.2, 0) is 29.0 Å². The summed E-state index contributed by atoms with van der Waals surface area (Å²) < 4.78 is 8.41. The van der Waals surface area contributed by atoms with Gasteiger partial charge >= 0.3 is 11.8 Å². The summed E-state index contributed by atoms with van der Waals surface area (Å²) in [5.41, 5.74) is -0.665. The molecule has 2 amide bonds. The molecule has 10 nitrogen and oxygen atoms in total. The minimum atomic E-state index is -0.479. The molecule has 0 aliphatic carbocycles. The van der Waals surface area contributed by atoms with Crippen molar-refractivity contribution < 1.29 is 14.3 Å². The van der Waals surface area contributed by atoms with Crippen molar-refractivity contribution in [2.45, 2.75) is 71.6 Å². The van der Waals surface area contributed by atoms with Crippen LogP contribution in [0.3, 0.4) is 0 Å². The van der Waals surface area contributed by atoms with E-state index >= 15 is 0 Å². The van der Waals surface area contributed by atoms with Crippen molar-refractivity contribution in [1.29, 1.82) is 0 Å². The number of nitrogens with zero attached hydrogens (tertiary/aromatic N) is 5. The first-order valence-electron chi connectivity index (χ1n) is 11.4. The number of rotatable bonds is 6. The molecule has 2 aliphatic heterocycles. The Morgan fingerprint density at radius 2 is 1.81 bits per heavy atom. The van der Waals surface area contributed by atoms with E-state index in [1.807, 2.05) is 20.8 Å². The Hall–Kier alpha value is -2.36. The van der Waals surface area contributed by atoms with Gasteiger partial charge in [-0.2, -0.15) is 5.10 Å². The highest BCUT2D eigenvalue weighted by Crippen LogP contribution is 2.12. The van der Waals surface area contributed by atoms with Gasteiger partial charge < -0.3 is 15.0 Å². The molecule has 3 rings (SSSR count). The van der Waals surface area contributed by atoms with E-state index in [9.17, 15) is 14.4 Å². The number of carbonyl (C=O) groups excluding carboxylic acids is 2. The van der Waals surface area contributed by atoms with Gasteiger partial charge in [-0.3, -0.25) is 14.3 Å². The molecule has 1 saturated heterocycles. The standard InChI is InChI=1S/C21H36N6O4/c1-21(2,3)31-20(30)25-14-12-24(13-15-25)10-7-9-22-18(28)16-27-19(29)26-11-6-4-5-8-17(26)23-27/h4-16H2,1-3H3,(H,22,28). The zero-order valence-corrected chi connectivity index (χ0v) is 19.1. The van der Waals surface area contributed by atoms with Gasteiger partial charge in [-0.15, -0.1) is 0 Å². The predicted octanol–water partition coefficient (Wildman–Crippen LogP) is 0.830. The maximum absolute atomic E-state index is 12.4. The number of piperazine rings is 1. The largest absolute Gasteiger partial charge is 0.444 e. The summed E-state index contributed by atoms with van der Waals surface area (Å²) in [5.74, 6) is 0.603.